The van der Waals surface area contributed by atoms with E-state index < -0.39 is 5.91 Å². The number of thiocarbonyl (C=S) groups is 1. The third-order valence-electron chi connectivity index (χ3n) is 4.38. The molecule has 7 nitrogen and oxygen atoms in total. The number of carbonyl (C=O) groups excluding carboxylic acids is 1. The van der Waals surface area contributed by atoms with Gasteiger partial charge in [-0.25, -0.2) is 4.98 Å². The molecule has 31 heavy (non-hydrogen) atoms. The number of fused-ring (bicyclic) bond motifs is 1. The van der Waals surface area contributed by atoms with Crippen LogP contribution in [0.25, 0.3) is 11.1 Å². The Bertz CT molecular complexity index is 1220. The van der Waals surface area contributed by atoms with Gasteiger partial charge in [-0.2, -0.15) is 0 Å². The van der Waals surface area contributed by atoms with Crippen LogP contribution in [0.15, 0.2) is 77.3 Å². The summed E-state index contributed by atoms with van der Waals surface area (Å²) in [6.45, 7) is 0.450. The van der Waals surface area contributed by atoms with Crippen molar-refractivity contribution < 1.29 is 18.7 Å². The average molecular weight is 433 g/mol. The molecule has 0 saturated carbocycles. The SMILES string of the molecule is COc1c(C(=O)NC(=S)Nc2cccc(OCc3ccccc3)c2)oc2cccnc12. The highest BCUT2D eigenvalue weighted by atomic mass is 32.1. The van der Waals surface area contributed by atoms with Crippen molar-refractivity contribution in [3.8, 4) is 11.5 Å². The Morgan fingerprint density at radius 2 is 1.94 bits per heavy atom. The highest BCUT2D eigenvalue weighted by Crippen LogP contribution is 2.31. The van der Waals surface area contributed by atoms with Crippen LogP contribution in [-0.2, 0) is 6.61 Å². The number of methoxy groups -OCH3 is 1. The molecule has 0 atom stereocenters. The maximum atomic E-state index is 12.7. The molecule has 0 aliphatic carbocycles. The quantitative estimate of drug-likeness (QED) is 0.432. The van der Waals surface area contributed by atoms with Gasteiger partial charge in [0.1, 0.15) is 12.4 Å². The molecule has 2 aromatic heterocycles. The molecule has 0 aliphatic heterocycles. The zero-order chi connectivity index (χ0) is 21.6. The van der Waals surface area contributed by atoms with Crippen LogP contribution in [0.2, 0.25) is 0 Å². The van der Waals surface area contributed by atoms with E-state index in [2.05, 4.69) is 15.6 Å². The molecule has 1 amide bonds. The van der Waals surface area contributed by atoms with E-state index in [0.717, 1.165) is 5.56 Å². The number of aromatic nitrogens is 1. The van der Waals surface area contributed by atoms with Gasteiger partial charge in [0.15, 0.2) is 22.0 Å². The molecule has 0 radical (unpaired) electrons. The molecule has 0 unspecified atom stereocenters. The number of furan rings is 1. The molecule has 8 heteroatoms. The number of rotatable bonds is 6. The fraction of sp³-hybridized carbons (Fsp3) is 0.0870. The van der Waals surface area contributed by atoms with Crippen molar-refractivity contribution in [2.24, 2.45) is 0 Å². The van der Waals surface area contributed by atoms with Crippen molar-refractivity contribution in [1.82, 2.24) is 10.3 Å². The van der Waals surface area contributed by atoms with Crippen molar-refractivity contribution in [3.63, 3.8) is 0 Å². The highest BCUT2D eigenvalue weighted by molar-refractivity contribution is 7.80. The summed E-state index contributed by atoms with van der Waals surface area (Å²) in [7, 11) is 1.45. The molecule has 2 N–H and O–H groups in total. The van der Waals surface area contributed by atoms with E-state index in [-0.39, 0.29) is 16.6 Å². The Labute approximate surface area is 184 Å². The molecule has 2 aromatic carbocycles. The summed E-state index contributed by atoms with van der Waals surface area (Å²) in [5, 5.41) is 5.68. The Hall–Kier alpha value is -3.91. The van der Waals surface area contributed by atoms with E-state index in [9.17, 15) is 4.79 Å². The second kappa shape index (κ2) is 9.27. The lowest BCUT2D eigenvalue weighted by Gasteiger charge is -2.11. The number of nitrogens with one attached hydrogen (secondary N) is 2. The first-order chi connectivity index (χ1) is 15.1. The first-order valence-corrected chi connectivity index (χ1v) is 9.85. The van der Waals surface area contributed by atoms with Crippen LogP contribution >= 0.6 is 12.2 Å². The van der Waals surface area contributed by atoms with Crippen molar-refractivity contribution in [3.05, 3.63) is 84.3 Å². The number of anilines is 1. The first kappa shape index (κ1) is 20.4. The van der Waals surface area contributed by atoms with Crippen molar-refractivity contribution >= 4 is 40.0 Å². The molecule has 4 aromatic rings. The molecule has 0 spiro atoms. The summed E-state index contributed by atoms with van der Waals surface area (Å²) >= 11 is 5.28. The predicted octanol–water partition coefficient (Wildman–Crippen LogP) is 4.54. The second-order valence-corrected chi connectivity index (χ2v) is 6.93. The zero-order valence-corrected chi connectivity index (χ0v) is 17.4. The van der Waals surface area contributed by atoms with Gasteiger partial charge in [0, 0.05) is 18.0 Å². The van der Waals surface area contributed by atoms with Crippen molar-refractivity contribution in [2.75, 3.05) is 12.4 Å². The van der Waals surface area contributed by atoms with Gasteiger partial charge < -0.3 is 19.2 Å². The molecular formula is C23H19N3O4S. The van der Waals surface area contributed by atoms with Crippen LogP contribution < -0.4 is 20.1 Å². The lowest BCUT2D eigenvalue weighted by Crippen LogP contribution is -2.34. The van der Waals surface area contributed by atoms with E-state index in [0.29, 0.717) is 29.1 Å². The second-order valence-electron chi connectivity index (χ2n) is 6.52. The molecule has 156 valence electrons. The number of pyridine rings is 1. The van der Waals surface area contributed by atoms with Gasteiger partial charge in [0.25, 0.3) is 5.91 Å². The number of ether oxygens (including phenoxy) is 2. The Kier molecular flexibility index (Phi) is 6.09. The number of hydrogen-bond donors (Lipinski definition) is 2. The van der Waals surface area contributed by atoms with E-state index in [4.69, 9.17) is 26.1 Å². The Morgan fingerprint density at radius 1 is 1.10 bits per heavy atom. The van der Waals surface area contributed by atoms with Gasteiger partial charge in [0.2, 0.25) is 5.76 Å². The number of hydrogen-bond acceptors (Lipinski definition) is 6. The van der Waals surface area contributed by atoms with Gasteiger partial charge in [-0.15, -0.1) is 0 Å². The number of nitrogens with zero attached hydrogens (tertiary/aromatic N) is 1. The Balaban J connectivity index is 1.40. The number of carbonyl (C=O) groups is 1. The molecule has 4 rings (SSSR count). The van der Waals surface area contributed by atoms with E-state index in [1.807, 2.05) is 48.5 Å². The Morgan fingerprint density at radius 3 is 2.74 bits per heavy atom. The molecular weight excluding hydrogens is 414 g/mol. The van der Waals surface area contributed by atoms with Gasteiger partial charge in [-0.05, 0) is 42.0 Å². The fourth-order valence-corrected chi connectivity index (χ4v) is 3.18. The molecule has 0 bridgehead atoms. The summed E-state index contributed by atoms with van der Waals surface area (Å²) in [6, 6.07) is 20.6. The van der Waals surface area contributed by atoms with Crippen LogP contribution in [0.5, 0.6) is 11.5 Å². The van der Waals surface area contributed by atoms with Crippen LogP contribution in [-0.4, -0.2) is 23.1 Å². The maximum absolute atomic E-state index is 12.7. The molecule has 0 saturated heterocycles. The summed E-state index contributed by atoms with van der Waals surface area (Å²) in [6.07, 6.45) is 1.60. The van der Waals surface area contributed by atoms with E-state index in [1.54, 1.807) is 24.4 Å². The van der Waals surface area contributed by atoms with Crippen LogP contribution in [0, 0.1) is 0 Å². The third-order valence-corrected chi connectivity index (χ3v) is 4.59. The van der Waals surface area contributed by atoms with Gasteiger partial charge in [-0.3, -0.25) is 10.1 Å². The minimum Gasteiger partial charge on any atom is -0.491 e. The standard InChI is InChI=1S/C23H19N3O4S/c1-28-20-19-18(11-6-12-24-19)30-21(20)22(27)26-23(31)25-16-9-5-10-17(13-16)29-14-15-7-3-2-4-8-15/h2-13H,14H2,1H3,(H2,25,26,27,31). The molecule has 0 fully saturated rings. The number of amides is 1. The van der Waals surface area contributed by atoms with Crippen molar-refractivity contribution in [2.45, 2.75) is 6.61 Å². The van der Waals surface area contributed by atoms with E-state index >= 15 is 0 Å². The summed E-state index contributed by atoms with van der Waals surface area (Å²) in [4.78, 5) is 16.8. The van der Waals surface area contributed by atoms with Gasteiger partial charge in [-0.1, -0.05) is 36.4 Å². The minimum atomic E-state index is -0.538. The molecule has 0 aliphatic rings. The van der Waals surface area contributed by atoms with Crippen LogP contribution in [0.1, 0.15) is 16.1 Å². The normalized spacial score (nSPS) is 10.5. The minimum absolute atomic E-state index is 0.000273. The largest absolute Gasteiger partial charge is 0.491 e. The van der Waals surface area contributed by atoms with Gasteiger partial charge in [0.05, 0.1) is 7.11 Å². The smallest absolute Gasteiger partial charge is 0.297 e. The predicted molar refractivity (Wildman–Crippen MR) is 121 cm³/mol. The van der Waals surface area contributed by atoms with Crippen LogP contribution in [0.3, 0.4) is 0 Å². The first-order valence-electron chi connectivity index (χ1n) is 9.44. The highest BCUT2D eigenvalue weighted by Gasteiger charge is 2.23. The number of benzene rings is 2. The van der Waals surface area contributed by atoms with Gasteiger partial charge >= 0.3 is 0 Å². The zero-order valence-electron chi connectivity index (χ0n) is 16.6. The fourth-order valence-electron chi connectivity index (χ4n) is 2.97. The van der Waals surface area contributed by atoms with E-state index in [1.165, 1.54) is 7.11 Å². The maximum Gasteiger partial charge on any atom is 0.297 e. The summed E-state index contributed by atoms with van der Waals surface area (Å²) in [5.41, 5.74) is 2.66. The summed E-state index contributed by atoms with van der Waals surface area (Å²) in [5.74, 6) is 0.393. The van der Waals surface area contributed by atoms with Crippen LogP contribution in [0.4, 0.5) is 5.69 Å². The lowest BCUT2D eigenvalue weighted by molar-refractivity contribution is 0.0948. The topological polar surface area (TPSA) is 85.6 Å². The monoisotopic (exact) mass is 433 g/mol. The van der Waals surface area contributed by atoms with Crippen molar-refractivity contribution in [1.29, 1.82) is 0 Å². The average Bonchev–Trinajstić information content (AvgIpc) is 3.17. The molecule has 2 heterocycles. The third kappa shape index (κ3) is 4.81. The summed E-state index contributed by atoms with van der Waals surface area (Å²) < 4.78 is 16.7. The lowest BCUT2D eigenvalue weighted by atomic mass is 10.2.